The van der Waals surface area contributed by atoms with Crippen molar-refractivity contribution in [3.63, 3.8) is 0 Å². The molecule has 0 bridgehead atoms. The first-order valence-corrected chi connectivity index (χ1v) is 6.83. The lowest BCUT2D eigenvalue weighted by molar-refractivity contribution is 0.101. The molecule has 0 spiro atoms. The van der Waals surface area contributed by atoms with Gasteiger partial charge in [0, 0.05) is 11.8 Å². The van der Waals surface area contributed by atoms with Gasteiger partial charge in [0.2, 0.25) is 5.13 Å². The maximum atomic E-state index is 12.0. The number of Topliss-reactive ketones (excluding diaryl/α,β-unsaturated/α-hetero) is 1. The van der Waals surface area contributed by atoms with E-state index in [1.165, 1.54) is 36.8 Å². The van der Waals surface area contributed by atoms with Crippen molar-refractivity contribution in [3.05, 3.63) is 41.9 Å². The molecule has 3 aromatic heterocycles. The van der Waals surface area contributed by atoms with Crippen LogP contribution in [0, 0.1) is 0 Å². The Morgan fingerprint density at radius 3 is 2.90 bits per heavy atom. The number of H-pyrrole nitrogens is 1. The number of carbonyl (C=O) groups excluding carboxylic acids is 2. The first kappa shape index (κ1) is 13.3. The Bertz CT molecular complexity index is 788. The Kier molecular flexibility index (Phi) is 3.36. The van der Waals surface area contributed by atoms with Gasteiger partial charge in [-0.25, -0.2) is 0 Å². The highest BCUT2D eigenvalue weighted by molar-refractivity contribution is 7.18. The number of ketones is 1. The third-order valence-electron chi connectivity index (χ3n) is 2.71. The molecule has 0 unspecified atom stereocenters. The molecular formula is C13H10N4O3S. The summed E-state index contributed by atoms with van der Waals surface area (Å²) in [4.78, 5) is 25.9. The van der Waals surface area contributed by atoms with Gasteiger partial charge in [-0.05, 0) is 25.1 Å². The number of hydrogen-bond acceptors (Lipinski definition) is 6. The van der Waals surface area contributed by atoms with E-state index in [2.05, 4.69) is 20.5 Å². The van der Waals surface area contributed by atoms with Gasteiger partial charge in [-0.3, -0.25) is 14.9 Å². The number of aromatic amines is 1. The summed E-state index contributed by atoms with van der Waals surface area (Å²) in [6.07, 6.45) is 3.03. The smallest absolute Gasteiger partial charge is 0.273 e. The lowest BCUT2D eigenvalue weighted by Gasteiger charge is -1.96. The molecule has 0 aromatic carbocycles. The van der Waals surface area contributed by atoms with Gasteiger partial charge in [-0.1, -0.05) is 11.3 Å². The van der Waals surface area contributed by atoms with Crippen molar-refractivity contribution >= 4 is 28.2 Å². The van der Waals surface area contributed by atoms with Crippen LogP contribution >= 0.6 is 11.3 Å². The minimum atomic E-state index is -0.385. The van der Waals surface area contributed by atoms with Crippen LogP contribution in [0.25, 0.3) is 10.8 Å². The van der Waals surface area contributed by atoms with Crippen molar-refractivity contribution in [1.29, 1.82) is 0 Å². The van der Waals surface area contributed by atoms with Crippen LogP contribution < -0.4 is 5.32 Å². The highest BCUT2D eigenvalue weighted by atomic mass is 32.1. The van der Waals surface area contributed by atoms with Crippen LogP contribution in [0.15, 0.2) is 35.1 Å². The SMILES string of the molecule is CC(=O)c1c[nH]c(C(=O)Nc2nnc(-c3ccco3)s2)c1. The van der Waals surface area contributed by atoms with E-state index < -0.39 is 0 Å². The zero-order valence-electron chi connectivity index (χ0n) is 10.9. The van der Waals surface area contributed by atoms with E-state index in [4.69, 9.17) is 4.42 Å². The van der Waals surface area contributed by atoms with Crippen LogP contribution in [0.4, 0.5) is 5.13 Å². The molecule has 3 rings (SSSR count). The van der Waals surface area contributed by atoms with Gasteiger partial charge in [0.1, 0.15) is 5.69 Å². The topological polar surface area (TPSA) is 101 Å². The Hall–Kier alpha value is -2.74. The number of amides is 1. The van der Waals surface area contributed by atoms with Gasteiger partial charge in [0.05, 0.1) is 6.26 Å². The number of nitrogens with zero attached hydrogens (tertiary/aromatic N) is 2. The fourth-order valence-electron chi connectivity index (χ4n) is 1.67. The number of furan rings is 1. The van der Waals surface area contributed by atoms with E-state index in [1.54, 1.807) is 12.1 Å². The van der Waals surface area contributed by atoms with Crippen LogP contribution in [0.5, 0.6) is 0 Å². The quantitative estimate of drug-likeness (QED) is 0.721. The van der Waals surface area contributed by atoms with Crippen LogP contribution in [-0.2, 0) is 0 Å². The molecular weight excluding hydrogens is 292 g/mol. The summed E-state index contributed by atoms with van der Waals surface area (Å²) in [6, 6.07) is 5.00. The van der Waals surface area contributed by atoms with Gasteiger partial charge in [0.25, 0.3) is 5.91 Å². The lowest BCUT2D eigenvalue weighted by atomic mass is 10.2. The Balaban J connectivity index is 1.74. The Morgan fingerprint density at radius 2 is 2.24 bits per heavy atom. The minimum Gasteiger partial charge on any atom is -0.462 e. The fraction of sp³-hybridized carbons (Fsp3) is 0.0769. The second-order valence-corrected chi connectivity index (χ2v) is 5.18. The van der Waals surface area contributed by atoms with Gasteiger partial charge in [-0.2, -0.15) is 0 Å². The van der Waals surface area contributed by atoms with E-state index in [1.807, 2.05) is 0 Å². The number of rotatable bonds is 4. The molecule has 2 N–H and O–H groups in total. The zero-order chi connectivity index (χ0) is 14.8. The minimum absolute atomic E-state index is 0.110. The second kappa shape index (κ2) is 5.33. The third kappa shape index (κ3) is 2.75. The maximum Gasteiger partial charge on any atom is 0.273 e. The number of nitrogens with one attached hydrogen (secondary N) is 2. The van der Waals surface area contributed by atoms with Crippen LogP contribution in [0.2, 0.25) is 0 Å². The molecule has 21 heavy (non-hydrogen) atoms. The first-order valence-electron chi connectivity index (χ1n) is 6.01. The van der Waals surface area contributed by atoms with Gasteiger partial charge >= 0.3 is 0 Å². The standard InChI is InChI=1S/C13H10N4O3S/c1-7(18)8-5-9(14-6-8)11(19)15-13-17-16-12(21-13)10-3-2-4-20-10/h2-6,14H,1H3,(H,15,17,19). The number of hydrogen-bond donors (Lipinski definition) is 2. The fourth-order valence-corrected chi connectivity index (χ4v) is 2.37. The van der Waals surface area contributed by atoms with E-state index in [-0.39, 0.29) is 17.4 Å². The normalized spacial score (nSPS) is 10.5. The van der Waals surface area contributed by atoms with Crippen molar-refractivity contribution in [2.45, 2.75) is 6.92 Å². The number of aromatic nitrogens is 3. The monoisotopic (exact) mass is 302 g/mol. The predicted octanol–water partition coefficient (Wildman–Crippen LogP) is 2.58. The first-order chi connectivity index (χ1) is 10.1. The summed E-state index contributed by atoms with van der Waals surface area (Å²) in [7, 11) is 0. The van der Waals surface area contributed by atoms with Crippen LogP contribution in [-0.4, -0.2) is 26.9 Å². The molecule has 0 aliphatic heterocycles. The summed E-state index contributed by atoms with van der Waals surface area (Å²) in [5.74, 6) is 0.0951. The summed E-state index contributed by atoms with van der Waals surface area (Å²) in [5.41, 5.74) is 0.739. The average Bonchev–Trinajstić information content (AvgIpc) is 3.19. The summed E-state index contributed by atoms with van der Waals surface area (Å²) in [5, 5.41) is 11.4. The number of anilines is 1. The van der Waals surface area contributed by atoms with Crippen LogP contribution in [0.3, 0.4) is 0 Å². The van der Waals surface area contributed by atoms with Gasteiger partial charge < -0.3 is 9.40 Å². The maximum absolute atomic E-state index is 12.0. The molecule has 8 heteroatoms. The molecule has 1 amide bonds. The lowest BCUT2D eigenvalue weighted by Crippen LogP contribution is -2.11. The largest absolute Gasteiger partial charge is 0.462 e. The van der Waals surface area contributed by atoms with E-state index in [0.717, 1.165) is 0 Å². The molecule has 3 heterocycles. The molecule has 106 valence electrons. The van der Waals surface area contributed by atoms with Crippen molar-refractivity contribution in [2.75, 3.05) is 5.32 Å². The molecule has 0 aliphatic carbocycles. The second-order valence-electron chi connectivity index (χ2n) is 4.20. The van der Waals surface area contributed by atoms with Crippen LogP contribution in [0.1, 0.15) is 27.8 Å². The zero-order valence-corrected chi connectivity index (χ0v) is 11.7. The molecule has 7 nitrogen and oxygen atoms in total. The van der Waals surface area contributed by atoms with Crippen molar-refractivity contribution in [2.24, 2.45) is 0 Å². The van der Waals surface area contributed by atoms with E-state index in [9.17, 15) is 9.59 Å². The molecule has 0 atom stereocenters. The summed E-state index contributed by atoms with van der Waals surface area (Å²) in [6.45, 7) is 1.44. The molecule has 3 aromatic rings. The van der Waals surface area contributed by atoms with Crippen molar-refractivity contribution in [3.8, 4) is 10.8 Å². The van der Waals surface area contributed by atoms with Gasteiger partial charge in [-0.15, -0.1) is 10.2 Å². The van der Waals surface area contributed by atoms with Crippen molar-refractivity contribution in [1.82, 2.24) is 15.2 Å². The van der Waals surface area contributed by atoms with E-state index >= 15 is 0 Å². The Labute approximate surface area is 123 Å². The van der Waals surface area contributed by atoms with Gasteiger partial charge in [0.15, 0.2) is 16.6 Å². The van der Waals surface area contributed by atoms with Crippen molar-refractivity contribution < 1.29 is 14.0 Å². The predicted molar refractivity (Wildman–Crippen MR) is 76.4 cm³/mol. The molecule has 0 saturated carbocycles. The van der Waals surface area contributed by atoms with E-state index in [0.29, 0.717) is 21.5 Å². The third-order valence-corrected chi connectivity index (χ3v) is 3.56. The highest BCUT2D eigenvalue weighted by Crippen LogP contribution is 2.26. The average molecular weight is 302 g/mol. The number of carbonyl (C=O) groups is 2. The Morgan fingerprint density at radius 1 is 1.38 bits per heavy atom. The molecule has 0 saturated heterocycles. The summed E-state index contributed by atoms with van der Waals surface area (Å²) < 4.78 is 5.20. The molecule has 0 aliphatic rings. The molecule has 0 fully saturated rings. The summed E-state index contributed by atoms with van der Waals surface area (Å²) >= 11 is 1.20. The highest BCUT2D eigenvalue weighted by Gasteiger charge is 2.14. The molecule has 0 radical (unpaired) electrons.